The SMILES string of the molecule is CCOC(=O)C1=C2C=CC=CC23Oc2ccccc2N2C3=C(C=C(F)C2F)C1=O. The maximum atomic E-state index is 15.1. The molecule has 0 aromatic heterocycles. The fourth-order valence-corrected chi connectivity index (χ4v) is 4.18. The largest absolute Gasteiger partial charge is 0.470 e. The van der Waals surface area contributed by atoms with Crippen molar-refractivity contribution in [3.8, 4) is 5.75 Å². The van der Waals surface area contributed by atoms with E-state index in [1.807, 2.05) is 0 Å². The number of hydrogen-bond donors (Lipinski definition) is 0. The van der Waals surface area contributed by atoms with Gasteiger partial charge < -0.3 is 14.4 Å². The van der Waals surface area contributed by atoms with Crippen LogP contribution in [0.5, 0.6) is 5.75 Å². The third-order valence-corrected chi connectivity index (χ3v) is 5.31. The number of hydrogen-bond acceptors (Lipinski definition) is 5. The van der Waals surface area contributed by atoms with E-state index in [1.165, 1.54) is 0 Å². The van der Waals surface area contributed by atoms with E-state index in [0.29, 0.717) is 11.4 Å². The van der Waals surface area contributed by atoms with Gasteiger partial charge in [0, 0.05) is 5.57 Å². The maximum absolute atomic E-state index is 15.1. The fraction of sp³-hybridized carbons (Fsp3) is 0.182. The van der Waals surface area contributed by atoms with Gasteiger partial charge in [-0.05, 0) is 31.2 Å². The van der Waals surface area contributed by atoms with Gasteiger partial charge in [-0.1, -0.05) is 30.4 Å². The van der Waals surface area contributed by atoms with Gasteiger partial charge in [0.25, 0.3) is 0 Å². The van der Waals surface area contributed by atoms with Crippen LogP contribution in [0.25, 0.3) is 0 Å². The predicted molar refractivity (Wildman–Crippen MR) is 100 cm³/mol. The number of allylic oxidation sites excluding steroid dienone is 4. The first-order valence-electron chi connectivity index (χ1n) is 9.15. The lowest BCUT2D eigenvalue weighted by Crippen LogP contribution is -2.56. The number of alkyl halides is 1. The monoisotopic (exact) mass is 395 g/mol. The molecule has 2 aliphatic heterocycles. The van der Waals surface area contributed by atoms with Crippen LogP contribution in [0.1, 0.15) is 6.92 Å². The third-order valence-electron chi connectivity index (χ3n) is 5.31. The molecule has 146 valence electrons. The molecule has 5 nitrogen and oxygen atoms in total. The van der Waals surface area contributed by atoms with E-state index in [4.69, 9.17) is 9.47 Å². The van der Waals surface area contributed by atoms with Crippen molar-refractivity contribution in [2.24, 2.45) is 0 Å². The number of rotatable bonds is 2. The molecule has 1 aromatic carbocycles. The topological polar surface area (TPSA) is 55.8 Å². The number of benzene rings is 1. The van der Waals surface area contributed by atoms with E-state index < -0.39 is 29.5 Å². The van der Waals surface area contributed by atoms with Crippen molar-refractivity contribution in [3.63, 3.8) is 0 Å². The summed E-state index contributed by atoms with van der Waals surface area (Å²) in [6, 6.07) is 6.61. The average molecular weight is 395 g/mol. The number of ether oxygens (including phenoxy) is 2. The number of carbonyl (C=O) groups excluding carboxylic acids is 2. The molecule has 29 heavy (non-hydrogen) atoms. The van der Waals surface area contributed by atoms with E-state index in [1.54, 1.807) is 55.5 Å². The maximum Gasteiger partial charge on any atom is 0.342 e. The minimum absolute atomic E-state index is 0.0634. The van der Waals surface area contributed by atoms with Crippen LogP contribution in [0, 0.1) is 0 Å². The summed E-state index contributed by atoms with van der Waals surface area (Å²) in [5, 5.41) is 0. The van der Waals surface area contributed by atoms with E-state index in [0.717, 1.165) is 11.0 Å². The second kappa shape index (κ2) is 6.01. The molecule has 0 N–H and O–H groups in total. The van der Waals surface area contributed by atoms with Gasteiger partial charge in [0.15, 0.2) is 11.4 Å². The second-order valence-electron chi connectivity index (χ2n) is 6.86. The number of anilines is 1. The summed E-state index contributed by atoms with van der Waals surface area (Å²) >= 11 is 0. The molecule has 5 rings (SSSR count). The molecule has 4 aliphatic rings. The second-order valence-corrected chi connectivity index (χ2v) is 6.86. The standard InChI is InChI=1S/C22H15F2NO4/c1-2-28-21(27)17-13-7-5-6-10-22(13)19-12(18(17)26)11-14(23)20(24)25(19)15-8-3-4-9-16(15)29-22/h3-11,20H,2H2,1H3. The number of halogens is 2. The Kier molecular flexibility index (Phi) is 3.65. The van der Waals surface area contributed by atoms with Crippen molar-refractivity contribution in [3.05, 3.63) is 82.9 Å². The molecular weight excluding hydrogens is 380 g/mol. The smallest absolute Gasteiger partial charge is 0.342 e. The molecule has 2 aliphatic carbocycles. The highest BCUT2D eigenvalue weighted by Gasteiger charge is 2.57. The van der Waals surface area contributed by atoms with Crippen LogP contribution in [0.15, 0.2) is 82.9 Å². The van der Waals surface area contributed by atoms with Crippen LogP contribution in [-0.2, 0) is 14.3 Å². The predicted octanol–water partition coefficient (Wildman–Crippen LogP) is 3.61. The number of Topliss-reactive ketones (excluding diaryl/α,β-unsaturated/α-hetero) is 1. The Morgan fingerprint density at radius 3 is 2.90 bits per heavy atom. The molecule has 1 aromatic rings. The molecule has 0 bridgehead atoms. The van der Waals surface area contributed by atoms with Crippen LogP contribution in [0.2, 0.25) is 0 Å². The summed E-state index contributed by atoms with van der Waals surface area (Å²) in [5.41, 5.74) is -1.13. The van der Waals surface area contributed by atoms with Gasteiger partial charge in [-0.15, -0.1) is 0 Å². The van der Waals surface area contributed by atoms with E-state index in [9.17, 15) is 14.0 Å². The number of fused-ring (bicyclic) bond motifs is 2. The van der Waals surface area contributed by atoms with Crippen LogP contribution in [0.3, 0.4) is 0 Å². The molecule has 2 atom stereocenters. The Bertz CT molecular complexity index is 1130. The number of esters is 1. The molecule has 0 fully saturated rings. The lowest BCUT2D eigenvalue weighted by atomic mass is 9.72. The van der Waals surface area contributed by atoms with Gasteiger partial charge in [0.05, 0.1) is 23.6 Å². The Morgan fingerprint density at radius 2 is 2.10 bits per heavy atom. The summed E-state index contributed by atoms with van der Waals surface area (Å²) in [6.45, 7) is 1.68. The fourth-order valence-electron chi connectivity index (χ4n) is 4.18. The summed E-state index contributed by atoms with van der Waals surface area (Å²) in [6.07, 6.45) is 5.27. The Hall–Kier alpha value is -3.48. The lowest BCUT2D eigenvalue weighted by Gasteiger charge is -2.50. The Morgan fingerprint density at radius 1 is 1.31 bits per heavy atom. The van der Waals surface area contributed by atoms with E-state index in [2.05, 4.69) is 0 Å². The summed E-state index contributed by atoms with van der Waals surface area (Å²) in [4.78, 5) is 27.0. The summed E-state index contributed by atoms with van der Waals surface area (Å²) in [7, 11) is 0. The lowest BCUT2D eigenvalue weighted by molar-refractivity contribution is -0.140. The summed E-state index contributed by atoms with van der Waals surface area (Å²) < 4.78 is 41.0. The first kappa shape index (κ1) is 17.6. The van der Waals surface area contributed by atoms with Crippen molar-refractivity contribution in [1.29, 1.82) is 0 Å². The molecule has 2 heterocycles. The number of nitrogens with zero attached hydrogens (tertiary/aromatic N) is 1. The number of para-hydroxylation sites is 2. The molecule has 0 saturated heterocycles. The molecule has 0 radical (unpaired) electrons. The van der Waals surface area contributed by atoms with Crippen molar-refractivity contribution < 1.29 is 27.8 Å². The zero-order valence-corrected chi connectivity index (χ0v) is 15.3. The highest BCUT2D eigenvalue weighted by Crippen LogP contribution is 2.54. The van der Waals surface area contributed by atoms with Crippen molar-refractivity contribution in [1.82, 2.24) is 0 Å². The highest BCUT2D eigenvalue weighted by atomic mass is 19.2. The molecular formula is C22H15F2NO4. The van der Waals surface area contributed by atoms with Crippen molar-refractivity contribution in [2.45, 2.75) is 18.8 Å². The van der Waals surface area contributed by atoms with Gasteiger partial charge in [0.2, 0.25) is 12.1 Å². The Labute approximate surface area is 164 Å². The average Bonchev–Trinajstić information content (AvgIpc) is 2.71. The third kappa shape index (κ3) is 2.18. The van der Waals surface area contributed by atoms with Crippen LogP contribution in [0.4, 0.5) is 14.5 Å². The highest BCUT2D eigenvalue weighted by molar-refractivity contribution is 6.28. The number of carbonyl (C=O) groups is 2. The Balaban J connectivity index is 1.86. The van der Waals surface area contributed by atoms with Gasteiger partial charge in [-0.3, -0.25) is 4.79 Å². The van der Waals surface area contributed by atoms with Gasteiger partial charge in [-0.25, -0.2) is 13.6 Å². The van der Waals surface area contributed by atoms with E-state index in [-0.39, 0.29) is 29.0 Å². The van der Waals surface area contributed by atoms with Crippen LogP contribution >= 0.6 is 0 Å². The summed E-state index contributed by atoms with van der Waals surface area (Å²) in [5.74, 6) is -2.36. The van der Waals surface area contributed by atoms with Gasteiger partial charge >= 0.3 is 5.97 Å². The first-order valence-corrected chi connectivity index (χ1v) is 9.15. The van der Waals surface area contributed by atoms with Crippen molar-refractivity contribution >= 4 is 17.4 Å². The minimum atomic E-state index is -2.12. The molecule has 0 saturated carbocycles. The minimum Gasteiger partial charge on any atom is -0.470 e. The van der Waals surface area contributed by atoms with Crippen LogP contribution < -0.4 is 9.64 Å². The van der Waals surface area contributed by atoms with Gasteiger partial charge in [-0.2, -0.15) is 0 Å². The van der Waals surface area contributed by atoms with Gasteiger partial charge in [0.1, 0.15) is 11.3 Å². The zero-order valence-electron chi connectivity index (χ0n) is 15.3. The van der Waals surface area contributed by atoms with E-state index >= 15 is 4.39 Å². The number of ketones is 1. The zero-order chi connectivity index (χ0) is 20.3. The van der Waals surface area contributed by atoms with Crippen molar-refractivity contribution in [2.75, 3.05) is 11.5 Å². The first-order chi connectivity index (χ1) is 14.0. The molecule has 1 spiro atoms. The molecule has 0 amide bonds. The molecule has 2 unspecified atom stereocenters. The molecule has 7 heteroatoms. The quantitative estimate of drug-likeness (QED) is 0.435. The normalized spacial score (nSPS) is 26.4. The van der Waals surface area contributed by atoms with Crippen LogP contribution in [-0.4, -0.2) is 30.3 Å².